The van der Waals surface area contributed by atoms with Crippen LogP contribution in [0.15, 0.2) is 22.6 Å². The molecular weight excluding hydrogens is 295 g/mol. The van der Waals surface area contributed by atoms with Crippen LogP contribution in [0, 0.1) is 5.82 Å². The summed E-state index contributed by atoms with van der Waals surface area (Å²) in [5, 5.41) is 9.26. The van der Waals surface area contributed by atoms with Crippen molar-refractivity contribution >= 4 is 23.1 Å². The van der Waals surface area contributed by atoms with Crippen LogP contribution in [-0.4, -0.2) is 22.8 Å². The normalized spacial score (nSPS) is 11.5. The molecule has 0 radical (unpaired) electrons. The van der Waals surface area contributed by atoms with Gasteiger partial charge in [0.15, 0.2) is 6.61 Å². The summed E-state index contributed by atoms with van der Waals surface area (Å²) in [6.45, 7) is 4.90. The summed E-state index contributed by atoms with van der Waals surface area (Å²) >= 11 is 0. The minimum absolute atomic E-state index is 0.172. The number of ether oxygens (including phenoxy) is 2. The molecule has 1 N–H and O–H groups in total. The molecule has 1 aromatic heterocycles. The summed E-state index contributed by atoms with van der Waals surface area (Å²) < 4.78 is 28.7. The number of carbonyl (C=O) groups is 2. The predicted molar refractivity (Wildman–Crippen MR) is 74.2 cm³/mol. The molecule has 1 aromatic carbocycles. The molecule has 118 valence electrons. The van der Waals surface area contributed by atoms with Crippen molar-refractivity contribution in [2.45, 2.75) is 33.0 Å². The Hall–Kier alpha value is -2.57. The molecule has 0 amide bonds. The number of fused-ring (bicyclic) bond motifs is 1. The highest BCUT2D eigenvalue weighted by Crippen LogP contribution is 2.24. The van der Waals surface area contributed by atoms with Gasteiger partial charge in [-0.15, -0.1) is 0 Å². The zero-order valence-electron chi connectivity index (χ0n) is 12.3. The first-order valence-electron chi connectivity index (χ1n) is 6.47. The first-order chi connectivity index (χ1) is 10.2. The molecule has 0 fully saturated rings. The van der Waals surface area contributed by atoms with Crippen LogP contribution in [-0.2, 0) is 16.1 Å². The van der Waals surface area contributed by atoms with E-state index in [0.717, 1.165) is 12.1 Å². The Morgan fingerprint density at radius 3 is 2.55 bits per heavy atom. The van der Waals surface area contributed by atoms with Gasteiger partial charge in [-0.2, -0.15) is 0 Å². The van der Waals surface area contributed by atoms with Gasteiger partial charge in [-0.1, -0.05) is 0 Å². The highest BCUT2D eigenvalue weighted by atomic mass is 19.1. The Bertz CT molecular complexity index is 725. The lowest BCUT2D eigenvalue weighted by atomic mass is 10.1. The van der Waals surface area contributed by atoms with Crippen LogP contribution >= 0.6 is 0 Å². The number of rotatable bonds is 3. The minimum atomic E-state index is -1.37. The molecular formula is C15H15FO6. The summed E-state index contributed by atoms with van der Waals surface area (Å²) in [7, 11) is 0. The number of carbonyl (C=O) groups excluding carboxylic acids is 1. The molecule has 6 nitrogen and oxygen atoms in total. The zero-order chi connectivity index (χ0) is 16.5. The number of hydrogen-bond donors (Lipinski definition) is 1. The molecule has 1 heterocycles. The van der Waals surface area contributed by atoms with Crippen molar-refractivity contribution < 1.29 is 33.0 Å². The van der Waals surface area contributed by atoms with Crippen molar-refractivity contribution in [1.29, 1.82) is 0 Å². The average molecular weight is 310 g/mol. The van der Waals surface area contributed by atoms with Gasteiger partial charge in [0.05, 0.1) is 5.56 Å². The van der Waals surface area contributed by atoms with E-state index in [1.165, 1.54) is 6.07 Å². The van der Waals surface area contributed by atoms with Crippen molar-refractivity contribution in [1.82, 2.24) is 0 Å². The smallest absolute Gasteiger partial charge is 0.478 e. The van der Waals surface area contributed by atoms with Crippen molar-refractivity contribution in [3.8, 4) is 0 Å². The van der Waals surface area contributed by atoms with Crippen LogP contribution in [0.1, 0.15) is 36.9 Å². The molecule has 0 aliphatic rings. The van der Waals surface area contributed by atoms with Crippen molar-refractivity contribution in [2.75, 3.05) is 0 Å². The summed E-state index contributed by atoms with van der Waals surface area (Å²) in [6, 6.07) is 3.62. The number of halogens is 1. The molecule has 0 aliphatic carbocycles. The van der Waals surface area contributed by atoms with Gasteiger partial charge in [0.2, 0.25) is 0 Å². The topological polar surface area (TPSA) is 86.0 Å². The second-order valence-corrected chi connectivity index (χ2v) is 5.64. The molecule has 2 aromatic rings. The van der Waals surface area contributed by atoms with Gasteiger partial charge in [0.25, 0.3) is 0 Å². The van der Waals surface area contributed by atoms with Crippen LogP contribution < -0.4 is 0 Å². The Morgan fingerprint density at radius 2 is 1.95 bits per heavy atom. The lowest BCUT2D eigenvalue weighted by Crippen LogP contribution is -2.24. The molecule has 0 atom stereocenters. The fourth-order valence-electron chi connectivity index (χ4n) is 1.76. The fraction of sp³-hybridized carbons (Fsp3) is 0.333. The molecule has 2 rings (SSSR count). The Kier molecular flexibility index (Phi) is 4.07. The Morgan fingerprint density at radius 1 is 1.27 bits per heavy atom. The maximum atomic E-state index is 13.5. The summed E-state index contributed by atoms with van der Waals surface area (Å²) in [5.41, 5.74) is -0.956. The van der Waals surface area contributed by atoms with E-state index in [0.29, 0.717) is 5.39 Å². The van der Waals surface area contributed by atoms with E-state index >= 15 is 0 Å². The standard InChI is InChI=1S/C15H15FO6/c1-15(2,3)22-14(19)20-7-9-4-8-5-10(13(17)18)11(16)6-12(8)21-9/h4-6H,7H2,1-3H3,(H,17,18). The largest absolute Gasteiger partial charge is 0.509 e. The Labute approximate surface area is 125 Å². The fourth-order valence-corrected chi connectivity index (χ4v) is 1.76. The minimum Gasteiger partial charge on any atom is -0.478 e. The van der Waals surface area contributed by atoms with E-state index in [2.05, 4.69) is 0 Å². The van der Waals surface area contributed by atoms with Crippen molar-refractivity contribution in [3.63, 3.8) is 0 Å². The summed E-state index contributed by atoms with van der Waals surface area (Å²) in [6.07, 6.45) is -0.856. The first kappa shape index (κ1) is 15.8. The molecule has 22 heavy (non-hydrogen) atoms. The zero-order valence-corrected chi connectivity index (χ0v) is 12.3. The SMILES string of the molecule is CC(C)(C)OC(=O)OCc1cc2cc(C(=O)O)c(F)cc2o1. The molecule has 0 saturated heterocycles. The van der Waals surface area contributed by atoms with E-state index in [9.17, 15) is 14.0 Å². The van der Waals surface area contributed by atoms with E-state index in [-0.39, 0.29) is 18.0 Å². The van der Waals surface area contributed by atoms with Crippen molar-refractivity contribution in [3.05, 3.63) is 35.3 Å². The number of benzene rings is 1. The number of hydrogen-bond acceptors (Lipinski definition) is 5. The molecule has 7 heteroatoms. The summed E-state index contributed by atoms with van der Waals surface area (Å²) in [5.74, 6) is -2.01. The van der Waals surface area contributed by atoms with Gasteiger partial charge in [0.1, 0.15) is 22.8 Å². The number of carboxylic acid groups (broad SMARTS) is 1. The lowest BCUT2D eigenvalue weighted by molar-refractivity contribution is -0.0130. The van der Waals surface area contributed by atoms with Gasteiger partial charge in [-0.3, -0.25) is 0 Å². The molecule has 0 saturated carbocycles. The quantitative estimate of drug-likeness (QED) is 0.869. The molecule has 0 unspecified atom stereocenters. The molecule has 0 bridgehead atoms. The number of carboxylic acids is 1. The molecule has 0 aliphatic heterocycles. The van der Waals surface area contributed by atoms with Crippen LogP contribution in [0.3, 0.4) is 0 Å². The van der Waals surface area contributed by atoms with E-state index in [4.69, 9.17) is 19.0 Å². The molecule has 0 spiro atoms. The highest BCUT2D eigenvalue weighted by molar-refractivity contribution is 5.93. The van der Waals surface area contributed by atoms with Gasteiger partial charge in [-0.25, -0.2) is 14.0 Å². The Balaban J connectivity index is 2.13. The second kappa shape index (κ2) is 5.67. The van der Waals surface area contributed by atoms with Crippen LogP contribution in [0.5, 0.6) is 0 Å². The van der Waals surface area contributed by atoms with Gasteiger partial charge >= 0.3 is 12.1 Å². The monoisotopic (exact) mass is 310 g/mol. The van der Waals surface area contributed by atoms with Crippen LogP contribution in [0.25, 0.3) is 11.0 Å². The van der Waals surface area contributed by atoms with Gasteiger partial charge < -0.3 is 19.0 Å². The van der Waals surface area contributed by atoms with E-state index in [1.807, 2.05) is 0 Å². The highest BCUT2D eigenvalue weighted by Gasteiger charge is 2.19. The summed E-state index contributed by atoms with van der Waals surface area (Å²) in [4.78, 5) is 22.3. The van der Waals surface area contributed by atoms with Gasteiger partial charge in [-0.05, 0) is 32.9 Å². The second-order valence-electron chi connectivity index (χ2n) is 5.64. The lowest BCUT2D eigenvalue weighted by Gasteiger charge is -2.18. The maximum Gasteiger partial charge on any atom is 0.509 e. The van der Waals surface area contributed by atoms with E-state index < -0.39 is 29.1 Å². The number of aromatic carboxylic acids is 1. The van der Waals surface area contributed by atoms with Crippen LogP contribution in [0.2, 0.25) is 0 Å². The maximum absolute atomic E-state index is 13.5. The van der Waals surface area contributed by atoms with Gasteiger partial charge in [0, 0.05) is 11.5 Å². The predicted octanol–water partition coefficient (Wildman–Crippen LogP) is 3.72. The first-order valence-corrected chi connectivity index (χ1v) is 6.47. The third-order valence-corrected chi connectivity index (χ3v) is 2.61. The van der Waals surface area contributed by atoms with E-state index in [1.54, 1.807) is 20.8 Å². The number of furan rings is 1. The van der Waals surface area contributed by atoms with Crippen molar-refractivity contribution in [2.24, 2.45) is 0 Å². The third-order valence-electron chi connectivity index (χ3n) is 2.61. The third kappa shape index (κ3) is 3.75. The van der Waals surface area contributed by atoms with Crippen LogP contribution in [0.4, 0.5) is 9.18 Å². The average Bonchev–Trinajstić information content (AvgIpc) is 2.74.